The summed E-state index contributed by atoms with van der Waals surface area (Å²) < 4.78 is 22.0. The molecule has 3 rings (SSSR count). The summed E-state index contributed by atoms with van der Waals surface area (Å²) in [6.07, 6.45) is -0.377. The number of hydrogen-bond donors (Lipinski definition) is 1. The van der Waals surface area contributed by atoms with E-state index in [4.69, 9.17) is 24.4 Å². The molecule has 0 fully saturated rings. The SMILES string of the molecule is CCOc1ccc(OCC(OC)c2ccc3oc(C(N)=O)cc3n2)cc1. The first kappa shape index (κ1) is 17.8. The summed E-state index contributed by atoms with van der Waals surface area (Å²) in [6, 6.07) is 12.4. The van der Waals surface area contributed by atoms with Gasteiger partial charge in [0, 0.05) is 13.2 Å². The number of amides is 1. The van der Waals surface area contributed by atoms with Crippen LogP contribution in [0, 0.1) is 0 Å². The highest BCUT2D eigenvalue weighted by atomic mass is 16.5. The number of nitrogens with two attached hydrogens (primary N) is 1. The summed E-state index contributed by atoms with van der Waals surface area (Å²) in [5, 5.41) is 0. The molecule has 1 unspecified atom stereocenters. The molecule has 0 aliphatic carbocycles. The molecule has 3 aromatic rings. The number of nitrogens with zero attached hydrogens (tertiary/aromatic N) is 1. The van der Waals surface area contributed by atoms with Crippen molar-refractivity contribution >= 4 is 17.0 Å². The zero-order valence-corrected chi connectivity index (χ0v) is 14.6. The molecule has 2 aromatic heterocycles. The Morgan fingerprint density at radius 2 is 1.85 bits per heavy atom. The molecule has 2 heterocycles. The number of hydrogen-bond acceptors (Lipinski definition) is 6. The highest BCUT2D eigenvalue weighted by Crippen LogP contribution is 2.24. The molecule has 26 heavy (non-hydrogen) atoms. The van der Waals surface area contributed by atoms with E-state index in [1.165, 1.54) is 6.07 Å². The molecule has 1 aromatic carbocycles. The summed E-state index contributed by atoms with van der Waals surface area (Å²) >= 11 is 0. The number of ether oxygens (including phenoxy) is 3. The van der Waals surface area contributed by atoms with E-state index in [-0.39, 0.29) is 18.5 Å². The van der Waals surface area contributed by atoms with E-state index in [9.17, 15) is 4.79 Å². The normalized spacial score (nSPS) is 12.1. The Balaban J connectivity index is 1.71. The second-order valence-electron chi connectivity index (χ2n) is 5.53. The minimum absolute atomic E-state index is 0.0734. The van der Waals surface area contributed by atoms with Gasteiger partial charge in [0.25, 0.3) is 5.91 Å². The third kappa shape index (κ3) is 3.94. The minimum atomic E-state index is -0.633. The van der Waals surface area contributed by atoms with E-state index in [2.05, 4.69) is 4.98 Å². The van der Waals surface area contributed by atoms with Gasteiger partial charge in [0.2, 0.25) is 0 Å². The fourth-order valence-corrected chi connectivity index (χ4v) is 2.49. The van der Waals surface area contributed by atoms with E-state index in [1.807, 2.05) is 31.2 Å². The van der Waals surface area contributed by atoms with Gasteiger partial charge in [-0.15, -0.1) is 0 Å². The topological polar surface area (TPSA) is 96.8 Å². The molecule has 0 aliphatic rings. The molecule has 0 saturated carbocycles. The van der Waals surface area contributed by atoms with Crippen molar-refractivity contribution < 1.29 is 23.4 Å². The molecule has 1 atom stereocenters. The maximum absolute atomic E-state index is 11.2. The van der Waals surface area contributed by atoms with Crippen LogP contribution in [-0.2, 0) is 4.74 Å². The van der Waals surface area contributed by atoms with Crippen molar-refractivity contribution in [2.45, 2.75) is 13.0 Å². The number of primary amides is 1. The van der Waals surface area contributed by atoms with Gasteiger partial charge in [-0.2, -0.15) is 0 Å². The van der Waals surface area contributed by atoms with Gasteiger partial charge >= 0.3 is 0 Å². The fraction of sp³-hybridized carbons (Fsp3) is 0.263. The van der Waals surface area contributed by atoms with Crippen LogP contribution in [0.2, 0.25) is 0 Å². The molecule has 0 spiro atoms. The van der Waals surface area contributed by atoms with E-state index in [0.29, 0.717) is 29.2 Å². The summed E-state index contributed by atoms with van der Waals surface area (Å²) in [5.41, 5.74) is 6.93. The van der Waals surface area contributed by atoms with Crippen LogP contribution in [0.1, 0.15) is 29.3 Å². The van der Waals surface area contributed by atoms with Crippen LogP contribution in [-0.4, -0.2) is 31.2 Å². The zero-order valence-electron chi connectivity index (χ0n) is 14.6. The number of methoxy groups -OCH3 is 1. The molecule has 0 aliphatic heterocycles. The maximum Gasteiger partial charge on any atom is 0.284 e. The average molecular weight is 356 g/mol. The number of furan rings is 1. The zero-order chi connectivity index (χ0) is 18.5. The number of pyridine rings is 1. The minimum Gasteiger partial charge on any atom is -0.494 e. The monoisotopic (exact) mass is 356 g/mol. The largest absolute Gasteiger partial charge is 0.494 e. The fourth-order valence-electron chi connectivity index (χ4n) is 2.49. The number of carbonyl (C=O) groups is 1. The lowest BCUT2D eigenvalue weighted by Crippen LogP contribution is -2.13. The molecule has 7 nitrogen and oxygen atoms in total. The van der Waals surface area contributed by atoms with Crippen LogP contribution in [0.25, 0.3) is 11.1 Å². The molecular weight excluding hydrogens is 336 g/mol. The Kier molecular flexibility index (Phi) is 5.38. The highest BCUT2D eigenvalue weighted by molar-refractivity contribution is 5.94. The first-order valence-electron chi connectivity index (χ1n) is 8.19. The average Bonchev–Trinajstić information content (AvgIpc) is 3.08. The van der Waals surface area contributed by atoms with Gasteiger partial charge in [-0.05, 0) is 43.3 Å². The van der Waals surface area contributed by atoms with Crippen molar-refractivity contribution in [2.75, 3.05) is 20.3 Å². The summed E-state index contributed by atoms with van der Waals surface area (Å²) in [5.74, 6) is 0.937. The van der Waals surface area contributed by atoms with Gasteiger partial charge in [-0.25, -0.2) is 4.98 Å². The van der Waals surface area contributed by atoms with Crippen molar-refractivity contribution in [3.05, 3.63) is 53.9 Å². The lowest BCUT2D eigenvalue weighted by Gasteiger charge is -2.16. The van der Waals surface area contributed by atoms with Crippen molar-refractivity contribution in [2.24, 2.45) is 5.73 Å². The predicted molar refractivity (Wildman–Crippen MR) is 95.4 cm³/mol. The van der Waals surface area contributed by atoms with Gasteiger partial charge < -0.3 is 24.4 Å². The summed E-state index contributed by atoms with van der Waals surface area (Å²) in [7, 11) is 1.59. The van der Waals surface area contributed by atoms with Gasteiger partial charge in [-0.3, -0.25) is 4.79 Å². The second kappa shape index (κ2) is 7.88. The lowest BCUT2D eigenvalue weighted by molar-refractivity contribution is 0.0548. The molecule has 1 amide bonds. The van der Waals surface area contributed by atoms with E-state index in [1.54, 1.807) is 19.2 Å². The highest BCUT2D eigenvalue weighted by Gasteiger charge is 2.16. The standard InChI is InChI=1S/C19H20N2O5/c1-3-24-12-4-6-13(7-5-12)25-11-18(23-2)14-8-9-16-15(21-14)10-17(26-16)19(20)22/h4-10,18H,3,11H2,1-2H3,(H2,20,22). The molecule has 7 heteroatoms. The Bertz CT molecular complexity index is 889. The van der Waals surface area contributed by atoms with Crippen LogP contribution in [0.4, 0.5) is 0 Å². The van der Waals surface area contributed by atoms with Gasteiger partial charge in [-0.1, -0.05) is 0 Å². The number of rotatable bonds is 8. The lowest BCUT2D eigenvalue weighted by atomic mass is 10.2. The van der Waals surface area contributed by atoms with Crippen LogP contribution in [0.15, 0.2) is 46.9 Å². The molecule has 2 N–H and O–H groups in total. The van der Waals surface area contributed by atoms with E-state index in [0.717, 1.165) is 5.75 Å². The van der Waals surface area contributed by atoms with Crippen molar-refractivity contribution in [1.82, 2.24) is 4.98 Å². The third-order valence-electron chi connectivity index (χ3n) is 3.79. The van der Waals surface area contributed by atoms with Crippen LogP contribution in [0.5, 0.6) is 11.5 Å². The summed E-state index contributed by atoms with van der Waals surface area (Å²) in [4.78, 5) is 15.7. The molecule has 0 saturated heterocycles. The third-order valence-corrected chi connectivity index (χ3v) is 3.79. The van der Waals surface area contributed by atoms with Crippen molar-refractivity contribution in [3.8, 4) is 11.5 Å². The Morgan fingerprint density at radius 1 is 1.15 bits per heavy atom. The smallest absolute Gasteiger partial charge is 0.284 e. The van der Waals surface area contributed by atoms with Crippen LogP contribution in [0.3, 0.4) is 0 Å². The predicted octanol–water partition coefficient (Wildman–Crippen LogP) is 3.09. The maximum atomic E-state index is 11.2. The van der Waals surface area contributed by atoms with Crippen LogP contribution < -0.4 is 15.2 Å². The quantitative estimate of drug-likeness (QED) is 0.666. The van der Waals surface area contributed by atoms with Gasteiger partial charge in [0.1, 0.15) is 29.7 Å². The number of fused-ring (bicyclic) bond motifs is 1. The number of benzene rings is 1. The molecular formula is C19H20N2O5. The van der Waals surface area contributed by atoms with Crippen molar-refractivity contribution in [1.29, 1.82) is 0 Å². The van der Waals surface area contributed by atoms with Crippen LogP contribution >= 0.6 is 0 Å². The first-order valence-corrected chi connectivity index (χ1v) is 8.19. The Hall–Kier alpha value is -3.06. The summed E-state index contributed by atoms with van der Waals surface area (Å²) in [6.45, 7) is 2.83. The number of aromatic nitrogens is 1. The van der Waals surface area contributed by atoms with E-state index < -0.39 is 5.91 Å². The van der Waals surface area contributed by atoms with Gasteiger partial charge in [0.15, 0.2) is 11.3 Å². The Morgan fingerprint density at radius 3 is 2.46 bits per heavy atom. The van der Waals surface area contributed by atoms with Crippen molar-refractivity contribution in [3.63, 3.8) is 0 Å². The molecule has 136 valence electrons. The van der Waals surface area contributed by atoms with E-state index >= 15 is 0 Å². The first-order chi connectivity index (χ1) is 12.6. The second-order valence-corrected chi connectivity index (χ2v) is 5.53. The molecule has 0 bridgehead atoms. The number of carbonyl (C=O) groups excluding carboxylic acids is 1. The Labute approximate surface area is 150 Å². The van der Waals surface area contributed by atoms with Gasteiger partial charge in [0.05, 0.1) is 12.3 Å². The molecule has 0 radical (unpaired) electrons.